The van der Waals surface area contributed by atoms with Crippen LogP contribution in [0.2, 0.25) is 0 Å². The maximum Gasteiger partial charge on any atom is 0.303 e. The normalized spacial score (nSPS) is 59.4. The first-order valence-electron chi connectivity index (χ1n) is 18.5. The van der Waals surface area contributed by atoms with E-state index in [9.17, 15) is 30.3 Å². The van der Waals surface area contributed by atoms with Gasteiger partial charge in [-0.1, -0.05) is 34.6 Å². The molecule has 0 unspecified atom stereocenters. The predicted molar refractivity (Wildman–Crippen MR) is 170 cm³/mol. The number of carbonyl (C=O) groups is 1. The molecular weight excluding hydrogens is 620 g/mol. The Balaban J connectivity index is 1.11. The zero-order valence-corrected chi connectivity index (χ0v) is 29.8. The average Bonchev–Trinajstić information content (AvgIpc) is 3.55. The molecule has 2 bridgehead atoms. The van der Waals surface area contributed by atoms with E-state index in [1.54, 1.807) is 0 Å². The van der Waals surface area contributed by atoms with Crippen LogP contribution in [-0.4, -0.2) is 105 Å². The van der Waals surface area contributed by atoms with Crippen LogP contribution in [0.1, 0.15) is 100 Å². The van der Waals surface area contributed by atoms with E-state index in [4.69, 9.17) is 23.7 Å². The van der Waals surface area contributed by atoms with E-state index in [0.29, 0.717) is 6.42 Å². The molecule has 8 rings (SSSR count). The second-order valence-corrected chi connectivity index (χ2v) is 18.9. The summed E-state index contributed by atoms with van der Waals surface area (Å²) in [6.07, 6.45) is -2.08. The topological polar surface area (TPSA) is 164 Å². The number of esters is 1. The van der Waals surface area contributed by atoms with Crippen LogP contribution < -0.4 is 0 Å². The third-order valence-electron chi connectivity index (χ3n) is 16.3. The van der Waals surface area contributed by atoms with Crippen molar-refractivity contribution in [3.63, 3.8) is 0 Å². The summed E-state index contributed by atoms with van der Waals surface area (Å²) >= 11 is 0. The SMILES string of the molecule is CC(=O)OC(C)(C)[C@H]1O[C@@]23O[C@@H]1C[C@@H](C)[C@@H]2[C@@]1(C)CC[C@@]24C[C@@]25[C@@H](O)C[C@H](O[C@@H]2OC[C@@H](O)[C@H](O)[C@H]2O)C(C)(C)[C@@H]5CC[C@H]4[C@]1(C)[C@H]3O. The Morgan fingerprint density at radius 1 is 0.917 bits per heavy atom. The first kappa shape index (κ1) is 34.2. The number of ether oxygens (including phenoxy) is 5. The lowest BCUT2D eigenvalue weighted by Crippen LogP contribution is -2.64. The average molecular weight is 679 g/mol. The molecule has 3 spiro atoms. The van der Waals surface area contributed by atoms with Crippen LogP contribution >= 0.6 is 0 Å². The molecule has 11 nitrogen and oxygen atoms in total. The summed E-state index contributed by atoms with van der Waals surface area (Å²) in [5.41, 5.74) is -2.56. The highest BCUT2D eigenvalue weighted by Crippen LogP contribution is 2.90. The monoisotopic (exact) mass is 678 g/mol. The lowest BCUT2D eigenvalue weighted by molar-refractivity contribution is -0.309. The summed E-state index contributed by atoms with van der Waals surface area (Å²) in [6, 6.07) is 0. The van der Waals surface area contributed by atoms with Gasteiger partial charge in [-0.05, 0) is 86.4 Å². The number of aliphatic hydroxyl groups is 5. The van der Waals surface area contributed by atoms with Gasteiger partial charge in [0, 0.05) is 30.1 Å². The Hall–Kier alpha value is -0.890. The van der Waals surface area contributed by atoms with Crippen molar-refractivity contribution in [2.45, 2.75) is 167 Å². The molecular formula is C37H58O11. The van der Waals surface area contributed by atoms with Gasteiger partial charge < -0.3 is 49.2 Å². The number of hydrogen-bond donors (Lipinski definition) is 5. The predicted octanol–water partition coefficient (Wildman–Crippen LogP) is 2.66. The fourth-order valence-electron chi connectivity index (χ4n) is 14.4. The molecule has 0 amide bonds. The molecule has 8 fully saturated rings. The van der Waals surface area contributed by atoms with Crippen molar-refractivity contribution in [1.82, 2.24) is 0 Å². The van der Waals surface area contributed by atoms with Crippen LogP contribution in [0.15, 0.2) is 0 Å². The largest absolute Gasteiger partial charge is 0.457 e. The van der Waals surface area contributed by atoms with Crippen molar-refractivity contribution in [2.75, 3.05) is 6.61 Å². The summed E-state index contributed by atoms with van der Waals surface area (Å²) in [5, 5.41) is 55.9. The number of aliphatic hydroxyl groups excluding tert-OH is 5. The van der Waals surface area contributed by atoms with Crippen molar-refractivity contribution in [1.29, 1.82) is 0 Å². The zero-order chi connectivity index (χ0) is 34.8. The molecule has 272 valence electrons. The van der Waals surface area contributed by atoms with Gasteiger partial charge in [-0.3, -0.25) is 4.79 Å². The lowest BCUT2D eigenvalue weighted by atomic mass is 9.41. The highest BCUT2D eigenvalue weighted by atomic mass is 16.8. The van der Waals surface area contributed by atoms with Crippen molar-refractivity contribution in [3.8, 4) is 0 Å². The summed E-state index contributed by atoms with van der Waals surface area (Å²) < 4.78 is 31.7. The first-order valence-corrected chi connectivity index (χ1v) is 18.5. The van der Waals surface area contributed by atoms with Gasteiger partial charge in [0.15, 0.2) is 12.1 Å². The van der Waals surface area contributed by atoms with Crippen molar-refractivity contribution >= 4 is 5.97 Å². The third kappa shape index (κ3) is 3.84. The zero-order valence-electron chi connectivity index (χ0n) is 29.8. The van der Waals surface area contributed by atoms with Gasteiger partial charge in [0.1, 0.15) is 36.1 Å². The van der Waals surface area contributed by atoms with Gasteiger partial charge in [-0.15, -0.1) is 0 Å². The minimum Gasteiger partial charge on any atom is -0.457 e. The second-order valence-electron chi connectivity index (χ2n) is 18.9. The summed E-state index contributed by atoms with van der Waals surface area (Å²) in [6.45, 7) is 16.3. The fraction of sp³-hybridized carbons (Fsp3) is 0.973. The molecule has 3 heterocycles. The van der Waals surface area contributed by atoms with E-state index >= 15 is 0 Å². The molecule has 5 aliphatic carbocycles. The molecule has 0 aromatic heterocycles. The summed E-state index contributed by atoms with van der Waals surface area (Å²) in [4.78, 5) is 12.1. The van der Waals surface area contributed by atoms with Crippen LogP contribution in [0.3, 0.4) is 0 Å². The van der Waals surface area contributed by atoms with Crippen LogP contribution in [0.25, 0.3) is 0 Å². The second kappa shape index (κ2) is 10.2. The van der Waals surface area contributed by atoms with Crippen LogP contribution in [0.4, 0.5) is 0 Å². The molecule has 48 heavy (non-hydrogen) atoms. The Labute approximate surface area is 284 Å². The Morgan fingerprint density at radius 3 is 2.29 bits per heavy atom. The Kier molecular flexibility index (Phi) is 7.24. The summed E-state index contributed by atoms with van der Waals surface area (Å²) in [7, 11) is 0. The van der Waals surface area contributed by atoms with Crippen LogP contribution in [-0.2, 0) is 28.5 Å². The number of rotatable bonds is 4. The molecule has 0 aromatic rings. The lowest BCUT2D eigenvalue weighted by Gasteiger charge is -2.64. The minimum absolute atomic E-state index is 0.0366. The Bertz CT molecular complexity index is 1350. The van der Waals surface area contributed by atoms with Gasteiger partial charge in [-0.25, -0.2) is 0 Å². The maximum absolute atomic E-state index is 12.8. The molecule has 5 saturated carbocycles. The van der Waals surface area contributed by atoms with E-state index in [0.717, 1.165) is 38.5 Å². The quantitative estimate of drug-likeness (QED) is 0.219. The van der Waals surface area contributed by atoms with Gasteiger partial charge in [0.25, 0.3) is 0 Å². The van der Waals surface area contributed by atoms with Crippen LogP contribution in [0.5, 0.6) is 0 Å². The molecule has 0 radical (unpaired) electrons. The highest BCUT2D eigenvalue weighted by Gasteiger charge is 2.89. The molecule has 3 saturated heterocycles. The summed E-state index contributed by atoms with van der Waals surface area (Å²) in [5.74, 6) is -1.07. The van der Waals surface area contributed by atoms with Crippen molar-refractivity contribution in [2.24, 2.45) is 50.7 Å². The van der Waals surface area contributed by atoms with E-state index in [1.807, 2.05) is 13.8 Å². The smallest absolute Gasteiger partial charge is 0.303 e. The third-order valence-corrected chi connectivity index (χ3v) is 16.3. The molecule has 18 atom stereocenters. The molecule has 5 N–H and O–H groups in total. The van der Waals surface area contributed by atoms with E-state index in [1.165, 1.54) is 6.92 Å². The maximum atomic E-state index is 12.8. The number of fused-ring (bicyclic) bond motifs is 4. The van der Waals surface area contributed by atoms with E-state index in [2.05, 4.69) is 34.6 Å². The van der Waals surface area contributed by atoms with Crippen molar-refractivity contribution < 1.29 is 54.0 Å². The van der Waals surface area contributed by atoms with E-state index < -0.39 is 65.8 Å². The Morgan fingerprint density at radius 2 is 1.60 bits per heavy atom. The van der Waals surface area contributed by atoms with Gasteiger partial charge in [-0.2, -0.15) is 0 Å². The van der Waals surface area contributed by atoms with Gasteiger partial charge in [0.2, 0.25) is 0 Å². The number of hydrogen-bond acceptors (Lipinski definition) is 11. The van der Waals surface area contributed by atoms with Crippen LogP contribution in [0, 0.1) is 50.7 Å². The highest BCUT2D eigenvalue weighted by molar-refractivity contribution is 5.66. The van der Waals surface area contributed by atoms with E-state index in [-0.39, 0.29) is 64.0 Å². The van der Waals surface area contributed by atoms with Gasteiger partial charge in [0.05, 0.1) is 24.9 Å². The standard InChI is InChI=1S/C37H58O11/c1-17-13-20-28(32(5,6)46-18(2)38)48-37(47-20)27(17)33(7)11-12-35-16-36(35)21(9-10-22(35)34(33,8)30(37)43)31(3,4)24(14-23(36)40)45-29-26(42)25(41)19(39)15-44-29/h17,19-30,39-43H,9-16H2,1-8H3/t17-,19-,20-,21+,22+,23+,24+,25+,26-,27-,28+,29+,30-,33-,34-,35+,36-,37+/m1/s1. The molecule has 8 aliphatic rings. The van der Waals surface area contributed by atoms with Gasteiger partial charge >= 0.3 is 5.97 Å². The number of carbonyl (C=O) groups excluding carboxylic acids is 1. The molecule has 3 aliphatic heterocycles. The molecule has 11 heteroatoms. The molecule has 0 aromatic carbocycles. The van der Waals surface area contributed by atoms with Crippen molar-refractivity contribution in [3.05, 3.63) is 0 Å². The minimum atomic E-state index is -1.38. The fourth-order valence-corrected chi connectivity index (χ4v) is 14.4. The first-order chi connectivity index (χ1) is 22.2.